The summed E-state index contributed by atoms with van der Waals surface area (Å²) in [4.78, 5) is 0. The van der Waals surface area contributed by atoms with Gasteiger partial charge >= 0.3 is 0 Å². The normalized spacial score (nSPS) is 29.6. The lowest BCUT2D eigenvalue weighted by Gasteiger charge is -2.31. The van der Waals surface area contributed by atoms with Gasteiger partial charge in [-0.1, -0.05) is 38.3 Å². The van der Waals surface area contributed by atoms with Gasteiger partial charge in [0.1, 0.15) is 0 Å². The highest BCUT2D eigenvalue weighted by molar-refractivity contribution is 5.15. The predicted molar refractivity (Wildman–Crippen MR) is 86.0 cm³/mol. The highest BCUT2D eigenvalue weighted by Crippen LogP contribution is 2.32. The number of hydrogen-bond acceptors (Lipinski definition) is 2. The minimum Gasteiger partial charge on any atom is -0.378 e. The minimum atomic E-state index is 0.468. The molecule has 3 atom stereocenters. The van der Waals surface area contributed by atoms with E-state index in [9.17, 15) is 0 Å². The van der Waals surface area contributed by atoms with Crippen molar-refractivity contribution < 1.29 is 4.74 Å². The average molecular weight is 279 g/mol. The number of rotatable bonds is 6. The van der Waals surface area contributed by atoms with Crippen LogP contribution in [0.25, 0.3) is 0 Å². The van der Waals surface area contributed by atoms with Crippen LogP contribution >= 0.6 is 0 Å². The molecule has 0 spiro atoms. The zero-order valence-electron chi connectivity index (χ0n) is 13.5. The van der Waals surface area contributed by atoms with Crippen LogP contribution in [0.3, 0.4) is 0 Å². The summed E-state index contributed by atoms with van der Waals surface area (Å²) in [7, 11) is 0. The highest BCUT2D eigenvalue weighted by atomic mass is 16.5. The Kier molecular flexibility index (Phi) is 7.09. The van der Waals surface area contributed by atoms with E-state index in [0.29, 0.717) is 18.1 Å². The first-order valence-electron chi connectivity index (χ1n) is 8.90. The Balaban J connectivity index is 2.08. The van der Waals surface area contributed by atoms with Gasteiger partial charge in [-0.25, -0.2) is 0 Å². The summed E-state index contributed by atoms with van der Waals surface area (Å²) < 4.78 is 5.96. The molecule has 1 aliphatic carbocycles. The Labute approximate surface area is 125 Å². The Morgan fingerprint density at radius 1 is 1.25 bits per heavy atom. The molecular formula is C18H33NO. The molecule has 20 heavy (non-hydrogen) atoms. The smallest absolute Gasteiger partial charge is 0.0619 e. The van der Waals surface area contributed by atoms with E-state index in [1.165, 1.54) is 51.4 Å². The first-order valence-corrected chi connectivity index (χ1v) is 8.90. The molecule has 1 aliphatic heterocycles. The molecule has 1 heterocycles. The molecule has 0 aromatic rings. The Bertz CT molecular complexity index is 300. The fourth-order valence-corrected chi connectivity index (χ4v) is 3.82. The van der Waals surface area contributed by atoms with Crippen LogP contribution in [0.1, 0.15) is 71.6 Å². The van der Waals surface area contributed by atoms with E-state index in [0.717, 1.165) is 19.6 Å². The molecule has 2 heteroatoms. The molecule has 116 valence electrons. The van der Waals surface area contributed by atoms with Crippen molar-refractivity contribution >= 4 is 0 Å². The molecule has 2 nitrogen and oxygen atoms in total. The van der Waals surface area contributed by atoms with Crippen LogP contribution in [-0.4, -0.2) is 25.3 Å². The Morgan fingerprint density at radius 3 is 2.90 bits per heavy atom. The van der Waals surface area contributed by atoms with Crippen molar-refractivity contribution in [2.45, 2.75) is 83.8 Å². The fraction of sp³-hybridized carbons (Fsp3) is 0.889. The van der Waals surface area contributed by atoms with Crippen molar-refractivity contribution in [1.29, 1.82) is 0 Å². The monoisotopic (exact) mass is 279 g/mol. The maximum atomic E-state index is 5.96. The number of hydrogen-bond donors (Lipinski definition) is 1. The maximum absolute atomic E-state index is 5.96. The average Bonchev–Trinajstić information content (AvgIpc) is 2.89. The van der Waals surface area contributed by atoms with E-state index in [4.69, 9.17) is 4.74 Å². The lowest BCUT2D eigenvalue weighted by atomic mass is 9.83. The molecular weight excluding hydrogens is 246 g/mol. The molecule has 0 aromatic carbocycles. The van der Waals surface area contributed by atoms with E-state index in [1.807, 2.05) is 0 Å². The van der Waals surface area contributed by atoms with Crippen molar-refractivity contribution in [3.05, 3.63) is 11.6 Å². The third-order valence-corrected chi connectivity index (χ3v) is 4.93. The van der Waals surface area contributed by atoms with E-state index in [2.05, 4.69) is 25.2 Å². The van der Waals surface area contributed by atoms with Gasteiger partial charge in [-0.05, 0) is 51.5 Å². The van der Waals surface area contributed by atoms with Crippen molar-refractivity contribution in [3.8, 4) is 0 Å². The summed E-state index contributed by atoms with van der Waals surface area (Å²) in [6.07, 6.45) is 14.8. The molecule has 2 rings (SSSR count). The van der Waals surface area contributed by atoms with Gasteiger partial charge in [0.15, 0.2) is 0 Å². The Hall–Kier alpha value is -0.340. The lowest BCUT2D eigenvalue weighted by molar-refractivity contribution is 0.0805. The highest BCUT2D eigenvalue weighted by Gasteiger charge is 2.34. The standard InChI is InChI=1S/C18H33NO/c1-3-13-19-18(16-12-14-20-17(16)4-2)15-10-8-6-5-7-9-11-15/h10,16-19H,3-9,11-14H2,1-2H3. The lowest BCUT2D eigenvalue weighted by Crippen LogP contribution is -2.42. The summed E-state index contributed by atoms with van der Waals surface area (Å²) >= 11 is 0. The van der Waals surface area contributed by atoms with Crippen LogP contribution in [0.5, 0.6) is 0 Å². The molecule has 0 radical (unpaired) electrons. The van der Waals surface area contributed by atoms with Gasteiger partial charge < -0.3 is 10.1 Å². The van der Waals surface area contributed by atoms with Crippen LogP contribution in [0, 0.1) is 5.92 Å². The van der Waals surface area contributed by atoms with Gasteiger partial charge in [0.05, 0.1) is 6.10 Å². The fourth-order valence-electron chi connectivity index (χ4n) is 3.82. The zero-order valence-corrected chi connectivity index (χ0v) is 13.5. The summed E-state index contributed by atoms with van der Waals surface area (Å²) in [5.74, 6) is 0.692. The number of allylic oxidation sites excluding steroid dienone is 1. The second-order valence-electron chi connectivity index (χ2n) is 6.43. The summed E-state index contributed by atoms with van der Waals surface area (Å²) in [6.45, 7) is 6.63. The first-order chi connectivity index (χ1) is 9.86. The van der Waals surface area contributed by atoms with Crippen LogP contribution in [0.15, 0.2) is 11.6 Å². The third-order valence-electron chi connectivity index (χ3n) is 4.93. The van der Waals surface area contributed by atoms with E-state index >= 15 is 0 Å². The van der Waals surface area contributed by atoms with Gasteiger partial charge in [-0.2, -0.15) is 0 Å². The first kappa shape index (κ1) is 16.0. The molecule has 1 fully saturated rings. The number of nitrogens with one attached hydrogen (secondary N) is 1. The minimum absolute atomic E-state index is 0.468. The van der Waals surface area contributed by atoms with Gasteiger partial charge in [-0.15, -0.1) is 0 Å². The van der Waals surface area contributed by atoms with Crippen LogP contribution in [0.4, 0.5) is 0 Å². The molecule has 0 bridgehead atoms. The predicted octanol–water partition coefficient (Wildman–Crippen LogP) is 4.45. The molecule has 1 N–H and O–H groups in total. The van der Waals surface area contributed by atoms with Crippen LogP contribution < -0.4 is 5.32 Å². The van der Waals surface area contributed by atoms with Crippen molar-refractivity contribution in [3.63, 3.8) is 0 Å². The van der Waals surface area contributed by atoms with E-state index in [-0.39, 0.29) is 0 Å². The summed E-state index contributed by atoms with van der Waals surface area (Å²) in [6, 6.07) is 0.570. The van der Waals surface area contributed by atoms with E-state index in [1.54, 1.807) is 5.57 Å². The molecule has 2 aliphatic rings. The zero-order chi connectivity index (χ0) is 14.2. The van der Waals surface area contributed by atoms with Gasteiger partial charge in [0, 0.05) is 18.6 Å². The maximum Gasteiger partial charge on any atom is 0.0619 e. The largest absolute Gasteiger partial charge is 0.378 e. The molecule has 1 saturated heterocycles. The summed E-state index contributed by atoms with van der Waals surface area (Å²) in [5, 5.41) is 3.85. The van der Waals surface area contributed by atoms with Crippen LogP contribution in [-0.2, 0) is 4.74 Å². The van der Waals surface area contributed by atoms with Gasteiger partial charge in [0.25, 0.3) is 0 Å². The van der Waals surface area contributed by atoms with Crippen molar-refractivity contribution in [1.82, 2.24) is 5.32 Å². The van der Waals surface area contributed by atoms with Crippen molar-refractivity contribution in [2.75, 3.05) is 13.2 Å². The molecule has 0 amide bonds. The molecule has 0 saturated carbocycles. The topological polar surface area (TPSA) is 21.3 Å². The molecule has 3 unspecified atom stereocenters. The van der Waals surface area contributed by atoms with E-state index < -0.39 is 0 Å². The Morgan fingerprint density at radius 2 is 2.10 bits per heavy atom. The SMILES string of the molecule is CCCNC(C1=CCCCCCC1)C1CCOC1CC. The summed E-state index contributed by atoms with van der Waals surface area (Å²) in [5.41, 5.74) is 1.69. The van der Waals surface area contributed by atoms with Gasteiger partial charge in [-0.3, -0.25) is 0 Å². The van der Waals surface area contributed by atoms with Gasteiger partial charge in [0.2, 0.25) is 0 Å². The number of ether oxygens (including phenoxy) is 1. The second kappa shape index (κ2) is 8.84. The third kappa shape index (κ3) is 4.33. The van der Waals surface area contributed by atoms with Crippen molar-refractivity contribution in [2.24, 2.45) is 5.92 Å². The van der Waals surface area contributed by atoms with Crippen LogP contribution in [0.2, 0.25) is 0 Å². The quantitative estimate of drug-likeness (QED) is 0.725. The second-order valence-corrected chi connectivity index (χ2v) is 6.43. The molecule has 0 aromatic heterocycles.